The first-order valence-corrected chi connectivity index (χ1v) is 16.8. The van der Waals surface area contributed by atoms with E-state index < -0.39 is 29.7 Å². The van der Waals surface area contributed by atoms with Gasteiger partial charge in [0.15, 0.2) is 12.5 Å². The Morgan fingerprint density at radius 1 is 0.889 bits per heavy atom. The van der Waals surface area contributed by atoms with Crippen molar-refractivity contribution in [2.45, 2.75) is 90.2 Å². The van der Waals surface area contributed by atoms with Crippen molar-refractivity contribution in [1.29, 1.82) is 0 Å². The predicted octanol–water partition coefficient (Wildman–Crippen LogP) is -0.383. The minimum absolute atomic E-state index is 0. The van der Waals surface area contributed by atoms with E-state index in [1.807, 2.05) is 23.6 Å². The number of nitrogens with zero attached hydrogens (tertiary/aromatic N) is 3. The number of carbonyl (C=O) groups is 2. The average Bonchev–Trinajstić information content (AvgIpc) is 3.84. The van der Waals surface area contributed by atoms with Gasteiger partial charge in [-0.05, 0) is 51.0 Å². The van der Waals surface area contributed by atoms with Crippen molar-refractivity contribution in [3.63, 3.8) is 0 Å². The van der Waals surface area contributed by atoms with E-state index in [2.05, 4.69) is 21.8 Å². The molecule has 284 valence electrons. The number of hydrogen-bond acceptors (Lipinski definition) is 14. The number of aliphatic hydroxyl groups excluding tert-OH is 1. The van der Waals surface area contributed by atoms with Crippen LogP contribution in [0, 0.1) is 13.8 Å². The van der Waals surface area contributed by atoms with E-state index in [1.165, 1.54) is 10.8 Å². The summed E-state index contributed by atoms with van der Waals surface area (Å²) in [7, 11) is 0. The fraction of sp³-hybridized carbons (Fsp3) is 0.389. The standard InChI is InChI=1S/C13H10O3.C11H16N2O4.C11H14N2O3.CH2O3.Na/c14-13(15-11-7-3-1-4-8-11)16-12-9-5-2-6-10-12;1-3-7-4-8(14)10(17-7)13-5-6(2)9(15)12-11(13)16;1-3-7-4-8-10(15-7)13-5-6(2)9(14)12-11(13)16-8;2-1-4-3;/h1-10H;5,7-8,10,14H,3-4H2,1-2H3,(H,12,15,16);5,7-8,10H,3-4H2,1-2H3;1,3H;/q;;;;+1/p-1/t;2*7-,8?,10-;;/m.11../s1. The van der Waals surface area contributed by atoms with Gasteiger partial charge in [-0.25, -0.2) is 9.59 Å². The van der Waals surface area contributed by atoms with Gasteiger partial charge in [-0.1, -0.05) is 50.2 Å². The number of aromatic amines is 1. The van der Waals surface area contributed by atoms with Crippen molar-refractivity contribution < 1.29 is 78.1 Å². The van der Waals surface area contributed by atoms with Crippen LogP contribution in [0.15, 0.2) is 87.4 Å². The fourth-order valence-corrected chi connectivity index (χ4v) is 5.50. The van der Waals surface area contributed by atoms with Gasteiger partial charge in [0, 0.05) is 36.4 Å². The third-order valence-corrected chi connectivity index (χ3v) is 8.19. The summed E-state index contributed by atoms with van der Waals surface area (Å²) in [6.45, 7) is 7.23. The third-order valence-electron chi connectivity index (χ3n) is 8.19. The summed E-state index contributed by atoms with van der Waals surface area (Å²) in [5.74, 6) is 0.923. The Hall–Kier alpha value is -4.62. The van der Waals surface area contributed by atoms with Gasteiger partial charge in [-0.2, -0.15) is 4.98 Å². The molecule has 0 amide bonds. The van der Waals surface area contributed by atoms with Gasteiger partial charge in [0.2, 0.25) is 0 Å². The van der Waals surface area contributed by atoms with Crippen molar-refractivity contribution in [1.82, 2.24) is 19.1 Å². The number of ether oxygens (including phenoxy) is 5. The molecule has 2 fully saturated rings. The molecule has 17 nitrogen and oxygen atoms in total. The van der Waals surface area contributed by atoms with Crippen LogP contribution in [0.5, 0.6) is 17.5 Å². The number of rotatable bonds is 6. The van der Waals surface area contributed by atoms with Crippen molar-refractivity contribution in [3.05, 3.63) is 115 Å². The Kier molecular flexibility index (Phi) is 17.3. The summed E-state index contributed by atoms with van der Waals surface area (Å²) < 4.78 is 30.0. The molecule has 0 bridgehead atoms. The molecule has 2 aromatic carbocycles. The number of carbonyl (C=O) groups excluding carboxylic acids is 2. The minimum atomic E-state index is -0.739. The molecular formula is C36H41N4NaO13. The van der Waals surface area contributed by atoms with Gasteiger partial charge in [-0.3, -0.25) is 28.5 Å². The van der Waals surface area contributed by atoms with Gasteiger partial charge >= 0.3 is 47.4 Å². The molecule has 5 heterocycles. The smallest absolute Gasteiger partial charge is 0.662 e. The molecule has 6 atom stereocenters. The van der Waals surface area contributed by atoms with Crippen LogP contribution in [0.4, 0.5) is 4.79 Å². The summed E-state index contributed by atoms with van der Waals surface area (Å²) in [4.78, 5) is 62.9. The zero-order valence-electron chi connectivity index (χ0n) is 30.5. The second kappa shape index (κ2) is 21.3. The number of aromatic nitrogens is 4. The number of hydrogen-bond donors (Lipinski definition) is 2. The molecule has 0 saturated carbocycles. The molecule has 3 aliphatic heterocycles. The van der Waals surface area contributed by atoms with Gasteiger partial charge in [0.05, 0.1) is 12.2 Å². The number of nitrogens with one attached hydrogen (secondary N) is 1. The Balaban J connectivity index is 0.000000205. The van der Waals surface area contributed by atoms with Gasteiger partial charge in [0.1, 0.15) is 23.7 Å². The van der Waals surface area contributed by atoms with Crippen LogP contribution in [0.1, 0.15) is 63.1 Å². The quantitative estimate of drug-likeness (QED) is 0.0639. The molecule has 2 N–H and O–H groups in total. The summed E-state index contributed by atoms with van der Waals surface area (Å²) in [6, 6.07) is 18.0. The average molecular weight is 761 g/mol. The van der Waals surface area contributed by atoms with Crippen LogP contribution < -0.4 is 65.8 Å². The molecule has 18 heteroatoms. The van der Waals surface area contributed by atoms with Crippen LogP contribution in [0.2, 0.25) is 0 Å². The van der Waals surface area contributed by atoms with E-state index in [1.54, 1.807) is 68.6 Å². The predicted molar refractivity (Wildman–Crippen MR) is 184 cm³/mol. The third kappa shape index (κ3) is 11.9. The SMILES string of the molecule is CC[C@@H]1CC(O)[C@H](n2cc(C)c(=O)[nH]c2=O)O1.CC[C@@H]1CC2Oc3nc(=O)c(C)cn3[C@@H]2O1.O=C(Oc1ccccc1)Oc1ccccc1.O=CO[O-].[Na+]. The number of benzene rings is 2. The van der Waals surface area contributed by atoms with Crippen LogP contribution in [-0.4, -0.2) is 61.3 Å². The van der Waals surface area contributed by atoms with Gasteiger partial charge < -0.3 is 38.9 Å². The maximum absolute atomic E-state index is 11.6. The largest absolute Gasteiger partial charge is 1.00 e. The topological polar surface area (TPSA) is 223 Å². The molecule has 0 spiro atoms. The maximum Gasteiger partial charge on any atom is 1.00 e. The molecule has 3 aliphatic rings. The summed E-state index contributed by atoms with van der Waals surface area (Å²) >= 11 is 0. The first kappa shape index (κ1) is 43.8. The number of aliphatic hydroxyl groups is 1. The van der Waals surface area contributed by atoms with Gasteiger partial charge in [-0.15, -0.1) is 0 Å². The van der Waals surface area contributed by atoms with Crippen molar-refractivity contribution >= 4 is 12.6 Å². The summed E-state index contributed by atoms with van der Waals surface area (Å²) in [5.41, 5.74) is -0.151. The molecular weight excluding hydrogens is 719 g/mol. The van der Waals surface area contributed by atoms with Crippen molar-refractivity contribution in [2.75, 3.05) is 0 Å². The van der Waals surface area contributed by atoms with Crippen LogP contribution in [0.25, 0.3) is 0 Å². The molecule has 2 unspecified atom stereocenters. The van der Waals surface area contributed by atoms with E-state index in [9.17, 15) is 24.3 Å². The molecule has 54 heavy (non-hydrogen) atoms. The van der Waals surface area contributed by atoms with E-state index in [0.717, 1.165) is 19.3 Å². The molecule has 7 rings (SSSR count). The Bertz CT molecular complexity index is 1930. The fourth-order valence-electron chi connectivity index (χ4n) is 5.50. The maximum atomic E-state index is 11.6. The second-order valence-electron chi connectivity index (χ2n) is 12.0. The van der Waals surface area contributed by atoms with E-state index >= 15 is 0 Å². The zero-order valence-corrected chi connectivity index (χ0v) is 32.5. The first-order chi connectivity index (χ1) is 25.5. The Morgan fingerprint density at radius 3 is 1.93 bits per heavy atom. The molecule has 4 aromatic rings. The number of fused-ring (bicyclic) bond motifs is 3. The number of aryl methyl sites for hydroxylation is 2. The number of H-pyrrole nitrogens is 1. The monoisotopic (exact) mass is 760 g/mol. The minimum Gasteiger partial charge on any atom is -0.662 e. The Labute approximate surface area is 331 Å². The van der Waals surface area contributed by atoms with Crippen molar-refractivity contribution in [2.24, 2.45) is 0 Å². The zero-order chi connectivity index (χ0) is 38.5. The Morgan fingerprint density at radius 2 is 1.41 bits per heavy atom. The van der Waals surface area contributed by atoms with E-state index in [-0.39, 0.29) is 66.1 Å². The van der Waals surface area contributed by atoms with Crippen LogP contribution in [-0.2, 0) is 19.2 Å². The number of para-hydroxylation sites is 2. The molecule has 2 aromatic heterocycles. The van der Waals surface area contributed by atoms with E-state index in [4.69, 9.17) is 33.7 Å². The first-order valence-electron chi connectivity index (χ1n) is 16.8. The van der Waals surface area contributed by atoms with Crippen LogP contribution in [0.3, 0.4) is 0 Å². The molecule has 2 saturated heterocycles. The normalized spacial score (nSPS) is 21.4. The molecule has 0 aliphatic carbocycles. The summed E-state index contributed by atoms with van der Waals surface area (Å²) in [6.07, 6.45) is 4.29. The van der Waals surface area contributed by atoms with Crippen molar-refractivity contribution in [3.8, 4) is 17.5 Å². The van der Waals surface area contributed by atoms with Gasteiger partial charge in [0.25, 0.3) is 17.6 Å². The molecule has 0 radical (unpaired) electrons. The van der Waals surface area contributed by atoms with Crippen LogP contribution >= 0.6 is 0 Å². The summed E-state index contributed by atoms with van der Waals surface area (Å²) in [5, 5.41) is 18.3. The van der Waals surface area contributed by atoms with E-state index in [0.29, 0.717) is 35.1 Å². The second-order valence-corrected chi connectivity index (χ2v) is 12.0.